The fourth-order valence-electron chi connectivity index (χ4n) is 3.35. The molecular weight excluding hydrogens is 300 g/mol. The molecule has 4 rings (SSSR count). The van der Waals surface area contributed by atoms with Crippen molar-refractivity contribution in [3.05, 3.63) is 42.1 Å². The van der Waals surface area contributed by atoms with Crippen LogP contribution in [0.25, 0.3) is 11.8 Å². The van der Waals surface area contributed by atoms with Crippen molar-refractivity contribution in [2.24, 2.45) is 0 Å². The van der Waals surface area contributed by atoms with Crippen LogP contribution in [0.1, 0.15) is 24.8 Å². The van der Waals surface area contributed by atoms with Crippen LogP contribution < -0.4 is 10.1 Å². The van der Waals surface area contributed by atoms with Crippen LogP contribution >= 0.6 is 0 Å². The third-order valence-electron chi connectivity index (χ3n) is 4.76. The molecule has 0 unspecified atom stereocenters. The quantitative estimate of drug-likeness (QED) is 0.917. The number of aromatic nitrogens is 2. The summed E-state index contributed by atoms with van der Waals surface area (Å²) in [5.41, 5.74) is 2.43. The average molecular weight is 324 g/mol. The van der Waals surface area contributed by atoms with Crippen molar-refractivity contribution in [2.75, 3.05) is 38.1 Å². The zero-order chi connectivity index (χ0) is 16.2. The highest BCUT2D eigenvalue weighted by Crippen LogP contribution is 2.24. The number of ether oxygens (including phenoxy) is 1. The first kappa shape index (κ1) is 15.3. The number of nitrogens with one attached hydrogen (secondary N) is 1. The van der Waals surface area contributed by atoms with E-state index in [9.17, 15) is 0 Å². The van der Waals surface area contributed by atoms with Crippen molar-refractivity contribution < 1.29 is 4.74 Å². The van der Waals surface area contributed by atoms with Crippen LogP contribution in [0.2, 0.25) is 0 Å². The Balaban J connectivity index is 1.33. The number of piperidine rings is 1. The molecule has 2 aromatic rings. The van der Waals surface area contributed by atoms with Crippen LogP contribution in [0, 0.1) is 0 Å². The Kier molecular flexibility index (Phi) is 4.51. The van der Waals surface area contributed by atoms with Crippen LogP contribution in [0.5, 0.6) is 5.75 Å². The van der Waals surface area contributed by atoms with E-state index in [2.05, 4.69) is 45.8 Å². The number of hydrogen-bond donors (Lipinski definition) is 1. The SMILES string of the molecule is C1=C(c2ccc(OCCN3CCCCC3)cc2)CNc2ccnn21. The average Bonchev–Trinajstić information content (AvgIpc) is 3.11. The zero-order valence-corrected chi connectivity index (χ0v) is 13.9. The monoisotopic (exact) mass is 324 g/mol. The molecule has 1 fully saturated rings. The highest BCUT2D eigenvalue weighted by Gasteiger charge is 2.12. The van der Waals surface area contributed by atoms with Gasteiger partial charge in [-0.15, -0.1) is 0 Å². The van der Waals surface area contributed by atoms with Gasteiger partial charge in [0.25, 0.3) is 0 Å². The lowest BCUT2D eigenvalue weighted by Gasteiger charge is -2.26. The summed E-state index contributed by atoms with van der Waals surface area (Å²) in [6, 6.07) is 10.3. The summed E-state index contributed by atoms with van der Waals surface area (Å²) >= 11 is 0. The van der Waals surface area contributed by atoms with Gasteiger partial charge in [0.1, 0.15) is 18.2 Å². The van der Waals surface area contributed by atoms with Crippen LogP contribution in [-0.4, -0.2) is 47.5 Å². The number of benzene rings is 1. The van der Waals surface area contributed by atoms with Crippen molar-refractivity contribution in [1.82, 2.24) is 14.7 Å². The number of anilines is 1. The molecule has 0 aliphatic carbocycles. The molecule has 1 aromatic heterocycles. The molecule has 0 radical (unpaired) electrons. The van der Waals surface area contributed by atoms with Gasteiger partial charge >= 0.3 is 0 Å². The second-order valence-electron chi connectivity index (χ2n) is 6.44. The van der Waals surface area contributed by atoms with Gasteiger partial charge in [-0.25, -0.2) is 4.68 Å². The van der Waals surface area contributed by atoms with E-state index >= 15 is 0 Å². The topological polar surface area (TPSA) is 42.3 Å². The number of rotatable bonds is 5. The van der Waals surface area contributed by atoms with Gasteiger partial charge in [-0.1, -0.05) is 18.6 Å². The van der Waals surface area contributed by atoms with Crippen molar-refractivity contribution in [3.8, 4) is 5.75 Å². The maximum absolute atomic E-state index is 5.90. The predicted molar refractivity (Wildman–Crippen MR) is 97.1 cm³/mol. The van der Waals surface area contributed by atoms with E-state index in [1.807, 2.05) is 10.7 Å². The van der Waals surface area contributed by atoms with Crippen LogP contribution in [0.15, 0.2) is 36.5 Å². The maximum atomic E-state index is 5.90. The second kappa shape index (κ2) is 7.09. The predicted octanol–water partition coefficient (Wildman–Crippen LogP) is 3.17. The van der Waals surface area contributed by atoms with Crippen molar-refractivity contribution in [1.29, 1.82) is 0 Å². The van der Waals surface area contributed by atoms with Crippen LogP contribution in [-0.2, 0) is 0 Å². The Hall–Kier alpha value is -2.27. The van der Waals surface area contributed by atoms with E-state index < -0.39 is 0 Å². The Morgan fingerprint density at radius 2 is 1.88 bits per heavy atom. The molecule has 24 heavy (non-hydrogen) atoms. The lowest BCUT2D eigenvalue weighted by atomic mass is 10.1. The van der Waals surface area contributed by atoms with E-state index in [0.29, 0.717) is 0 Å². The first-order valence-corrected chi connectivity index (χ1v) is 8.82. The molecule has 0 bridgehead atoms. The third-order valence-corrected chi connectivity index (χ3v) is 4.76. The number of nitrogens with zero attached hydrogens (tertiary/aromatic N) is 3. The van der Waals surface area contributed by atoms with E-state index in [1.165, 1.54) is 43.5 Å². The summed E-state index contributed by atoms with van der Waals surface area (Å²) in [5.74, 6) is 1.98. The summed E-state index contributed by atoms with van der Waals surface area (Å²) in [4.78, 5) is 2.50. The van der Waals surface area contributed by atoms with Crippen molar-refractivity contribution in [2.45, 2.75) is 19.3 Å². The van der Waals surface area contributed by atoms with Crippen molar-refractivity contribution >= 4 is 17.6 Å². The van der Waals surface area contributed by atoms with E-state index in [-0.39, 0.29) is 0 Å². The normalized spacial score (nSPS) is 17.8. The fraction of sp³-hybridized carbons (Fsp3) is 0.421. The Morgan fingerprint density at radius 1 is 1.04 bits per heavy atom. The lowest BCUT2D eigenvalue weighted by Crippen LogP contribution is -2.33. The highest BCUT2D eigenvalue weighted by molar-refractivity contribution is 5.81. The van der Waals surface area contributed by atoms with Crippen molar-refractivity contribution in [3.63, 3.8) is 0 Å². The Labute approximate surface area is 142 Å². The second-order valence-corrected chi connectivity index (χ2v) is 6.44. The van der Waals surface area contributed by atoms with Gasteiger partial charge < -0.3 is 10.1 Å². The minimum atomic E-state index is 0.764. The summed E-state index contributed by atoms with van der Waals surface area (Å²) in [6.45, 7) is 5.05. The number of hydrogen-bond acceptors (Lipinski definition) is 4. The van der Waals surface area contributed by atoms with Gasteiger partial charge in [-0.3, -0.25) is 4.90 Å². The standard InChI is InChI=1S/C19H24N4O/c1-2-10-22(11-3-1)12-13-24-18-6-4-16(5-7-18)17-14-20-19-8-9-21-23(19)15-17/h4-9,15,20H,1-3,10-14H2. The van der Waals surface area contributed by atoms with E-state index in [1.54, 1.807) is 6.20 Å². The molecule has 0 spiro atoms. The summed E-state index contributed by atoms with van der Waals surface area (Å²) in [5, 5.41) is 7.66. The lowest BCUT2D eigenvalue weighted by molar-refractivity contribution is 0.183. The van der Waals surface area contributed by atoms with Crippen LogP contribution in [0.4, 0.5) is 5.82 Å². The van der Waals surface area contributed by atoms with Gasteiger partial charge in [-0.2, -0.15) is 5.10 Å². The molecule has 1 saturated heterocycles. The molecule has 5 nitrogen and oxygen atoms in total. The zero-order valence-electron chi connectivity index (χ0n) is 13.9. The van der Waals surface area contributed by atoms with Gasteiger partial charge in [0.15, 0.2) is 0 Å². The minimum Gasteiger partial charge on any atom is -0.492 e. The van der Waals surface area contributed by atoms with Crippen LogP contribution in [0.3, 0.4) is 0 Å². The maximum Gasteiger partial charge on any atom is 0.129 e. The Bertz CT molecular complexity index is 698. The van der Waals surface area contributed by atoms with Gasteiger partial charge in [0, 0.05) is 25.4 Å². The molecule has 3 heterocycles. The molecule has 1 N–H and O–H groups in total. The first-order valence-electron chi connectivity index (χ1n) is 8.82. The molecule has 0 saturated carbocycles. The van der Waals surface area contributed by atoms with Gasteiger partial charge in [0.2, 0.25) is 0 Å². The summed E-state index contributed by atoms with van der Waals surface area (Å²) in [7, 11) is 0. The first-order chi connectivity index (χ1) is 11.9. The molecule has 0 atom stereocenters. The smallest absolute Gasteiger partial charge is 0.129 e. The van der Waals surface area contributed by atoms with Gasteiger partial charge in [-0.05, 0) is 49.2 Å². The highest BCUT2D eigenvalue weighted by atomic mass is 16.5. The molecule has 0 amide bonds. The third kappa shape index (κ3) is 3.46. The summed E-state index contributed by atoms with van der Waals surface area (Å²) in [6.07, 6.45) is 7.92. The fourth-order valence-corrected chi connectivity index (χ4v) is 3.35. The number of fused-ring (bicyclic) bond motifs is 1. The molecular formula is C19H24N4O. The molecule has 2 aliphatic heterocycles. The molecule has 126 valence electrons. The van der Waals surface area contributed by atoms with Gasteiger partial charge in [0.05, 0.1) is 6.20 Å². The largest absolute Gasteiger partial charge is 0.492 e. The minimum absolute atomic E-state index is 0.764. The van der Waals surface area contributed by atoms with E-state index in [4.69, 9.17) is 4.74 Å². The van der Waals surface area contributed by atoms with E-state index in [0.717, 1.165) is 31.3 Å². The molecule has 5 heteroatoms. The number of likely N-dealkylation sites (tertiary alicyclic amines) is 1. The summed E-state index contributed by atoms with van der Waals surface area (Å²) < 4.78 is 7.78. The molecule has 1 aromatic carbocycles. The Morgan fingerprint density at radius 3 is 2.71 bits per heavy atom. The molecule has 2 aliphatic rings.